The highest BCUT2D eigenvalue weighted by Crippen LogP contribution is 2.37. The van der Waals surface area contributed by atoms with Gasteiger partial charge in [-0.25, -0.2) is 0 Å². The predicted molar refractivity (Wildman–Crippen MR) is 101 cm³/mol. The van der Waals surface area contributed by atoms with Gasteiger partial charge in [-0.3, -0.25) is 5.10 Å². The molecule has 2 heteroatoms. The van der Waals surface area contributed by atoms with Crippen LogP contribution in [-0.2, 0) is 5.41 Å². The number of hydrogen-bond donors (Lipinski definition) is 1. The second-order valence-electron chi connectivity index (χ2n) is 7.30. The molecule has 0 saturated carbocycles. The zero-order valence-corrected chi connectivity index (χ0v) is 15.3. The lowest BCUT2D eigenvalue weighted by Crippen LogP contribution is -2.23. The van der Waals surface area contributed by atoms with Crippen LogP contribution in [0.4, 0.5) is 0 Å². The van der Waals surface area contributed by atoms with Crippen molar-refractivity contribution in [3.8, 4) is 0 Å². The van der Waals surface area contributed by atoms with Crippen molar-refractivity contribution in [1.29, 1.82) is 0 Å². The van der Waals surface area contributed by atoms with Gasteiger partial charge in [0.2, 0.25) is 0 Å². The smallest absolute Gasteiger partial charge is 0.0923 e. The molecule has 23 heavy (non-hydrogen) atoms. The van der Waals surface area contributed by atoms with Crippen LogP contribution in [-0.4, -0.2) is 10.2 Å². The van der Waals surface area contributed by atoms with E-state index in [-0.39, 0.29) is 5.41 Å². The number of para-hydroxylation sites is 1. The number of unbranched alkanes of at least 4 members (excludes halogenated alkanes) is 6. The molecule has 0 atom stereocenters. The molecule has 2 nitrogen and oxygen atoms in total. The molecule has 0 aliphatic rings. The predicted octanol–water partition coefficient (Wildman–Crippen LogP) is 6.76. The first-order valence-corrected chi connectivity index (χ1v) is 9.65. The number of aromatic amines is 1. The van der Waals surface area contributed by atoms with E-state index in [4.69, 9.17) is 0 Å². The standard InChI is InChI=1S/C21H34N2/c1-4-6-8-12-16-21(3,17-13-9-7-5-2)20-18-14-10-11-15-19(18)22-23-20/h10-11,14-15H,4-9,12-13,16-17H2,1-3H3,(H,22,23). The third-order valence-electron chi connectivity index (χ3n) is 5.23. The molecule has 0 saturated heterocycles. The van der Waals surface area contributed by atoms with Gasteiger partial charge in [0.05, 0.1) is 5.52 Å². The van der Waals surface area contributed by atoms with Gasteiger partial charge in [-0.1, -0.05) is 90.3 Å². The third kappa shape index (κ3) is 4.83. The third-order valence-corrected chi connectivity index (χ3v) is 5.23. The lowest BCUT2D eigenvalue weighted by Gasteiger charge is -2.29. The first-order chi connectivity index (χ1) is 11.2. The van der Waals surface area contributed by atoms with Crippen molar-refractivity contribution in [3.05, 3.63) is 30.0 Å². The molecule has 1 heterocycles. The average Bonchev–Trinajstić information content (AvgIpc) is 3.01. The van der Waals surface area contributed by atoms with Gasteiger partial charge in [0, 0.05) is 16.5 Å². The SMILES string of the molecule is CCCCCCC(C)(CCCCCC)c1[nH]nc2ccccc12. The molecule has 128 valence electrons. The van der Waals surface area contributed by atoms with Crippen molar-refractivity contribution in [1.82, 2.24) is 10.2 Å². The molecule has 0 fully saturated rings. The Morgan fingerprint density at radius 2 is 1.48 bits per heavy atom. The van der Waals surface area contributed by atoms with E-state index in [0.29, 0.717) is 0 Å². The van der Waals surface area contributed by atoms with Crippen molar-refractivity contribution in [2.45, 2.75) is 90.4 Å². The maximum Gasteiger partial charge on any atom is 0.0923 e. The van der Waals surface area contributed by atoms with Gasteiger partial charge in [0.25, 0.3) is 0 Å². The second-order valence-corrected chi connectivity index (χ2v) is 7.30. The van der Waals surface area contributed by atoms with Gasteiger partial charge in [0.1, 0.15) is 0 Å². The Morgan fingerprint density at radius 1 is 0.870 bits per heavy atom. The zero-order chi connectivity index (χ0) is 16.5. The number of rotatable bonds is 11. The lowest BCUT2D eigenvalue weighted by atomic mass is 9.76. The summed E-state index contributed by atoms with van der Waals surface area (Å²) in [4.78, 5) is 0. The highest BCUT2D eigenvalue weighted by molar-refractivity contribution is 5.82. The number of H-pyrrole nitrogens is 1. The van der Waals surface area contributed by atoms with Gasteiger partial charge in [-0.2, -0.15) is 5.10 Å². The Kier molecular flexibility index (Phi) is 7.14. The minimum Gasteiger partial charge on any atom is -0.281 e. The molecule has 2 rings (SSSR count). The van der Waals surface area contributed by atoms with Crippen LogP contribution >= 0.6 is 0 Å². The van der Waals surface area contributed by atoms with Crippen LogP contribution in [0.3, 0.4) is 0 Å². The molecule has 0 aliphatic heterocycles. The Morgan fingerprint density at radius 3 is 2.09 bits per heavy atom. The Hall–Kier alpha value is -1.31. The summed E-state index contributed by atoms with van der Waals surface area (Å²) in [6, 6.07) is 8.55. The summed E-state index contributed by atoms with van der Waals surface area (Å²) in [5, 5.41) is 9.26. The lowest BCUT2D eigenvalue weighted by molar-refractivity contribution is 0.357. The van der Waals surface area contributed by atoms with Gasteiger partial charge < -0.3 is 0 Å². The number of fused-ring (bicyclic) bond motifs is 1. The van der Waals surface area contributed by atoms with E-state index < -0.39 is 0 Å². The zero-order valence-electron chi connectivity index (χ0n) is 15.3. The normalized spacial score (nSPS) is 12.1. The fourth-order valence-electron chi connectivity index (χ4n) is 3.68. The monoisotopic (exact) mass is 314 g/mol. The quantitative estimate of drug-likeness (QED) is 0.456. The number of nitrogens with zero attached hydrogens (tertiary/aromatic N) is 1. The van der Waals surface area contributed by atoms with E-state index in [0.717, 1.165) is 5.52 Å². The first-order valence-electron chi connectivity index (χ1n) is 9.65. The molecule has 0 spiro atoms. The number of hydrogen-bond acceptors (Lipinski definition) is 1. The largest absolute Gasteiger partial charge is 0.281 e. The minimum absolute atomic E-state index is 0.234. The number of aromatic nitrogens is 2. The molecule has 1 aromatic carbocycles. The molecule has 1 aromatic heterocycles. The highest BCUT2D eigenvalue weighted by Gasteiger charge is 2.29. The number of benzene rings is 1. The molecule has 2 aromatic rings. The Bertz CT molecular complexity index is 558. The van der Waals surface area contributed by atoms with Crippen LogP contribution in [0.25, 0.3) is 10.9 Å². The van der Waals surface area contributed by atoms with E-state index in [9.17, 15) is 0 Å². The van der Waals surface area contributed by atoms with Crippen LogP contribution in [0.5, 0.6) is 0 Å². The summed E-state index contributed by atoms with van der Waals surface area (Å²) in [6.45, 7) is 7.02. The summed E-state index contributed by atoms with van der Waals surface area (Å²) in [5.74, 6) is 0. The van der Waals surface area contributed by atoms with E-state index in [1.807, 2.05) is 0 Å². The van der Waals surface area contributed by atoms with Crippen molar-refractivity contribution in [3.63, 3.8) is 0 Å². The molecule has 0 unspecified atom stereocenters. The second kappa shape index (κ2) is 9.10. The van der Waals surface area contributed by atoms with Gasteiger partial charge in [-0.05, 0) is 18.9 Å². The van der Waals surface area contributed by atoms with Crippen molar-refractivity contribution >= 4 is 10.9 Å². The first kappa shape index (κ1) is 18.0. The summed E-state index contributed by atoms with van der Waals surface area (Å²) < 4.78 is 0. The van der Waals surface area contributed by atoms with Gasteiger partial charge >= 0.3 is 0 Å². The molecule has 1 N–H and O–H groups in total. The van der Waals surface area contributed by atoms with Crippen LogP contribution < -0.4 is 0 Å². The summed E-state index contributed by atoms with van der Waals surface area (Å²) in [5.41, 5.74) is 2.70. The van der Waals surface area contributed by atoms with Crippen LogP contribution in [0.15, 0.2) is 24.3 Å². The summed E-state index contributed by atoms with van der Waals surface area (Å²) in [6.07, 6.45) is 13.2. The van der Waals surface area contributed by atoms with Gasteiger partial charge in [0.15, 0.2) is 0 Å². The van der Waals surface area contributed by atoms with E-state index in [1.165, 1.54) is 75.3 Å². The Labute approximate surface area is 142 Å². The van der Waals surface area contributed by atoms with Crippen molar-refractivity contribution in [2.75, 3.05) is 0 Å². The van der Waals surface area contributed by atoms with E-state index in [2.05, 4.69) is 55.2 Å². The fraction of sp³-hybridized carbons (Fsp3) is 0.667. The molecule has 0 bridgehead atoms. The van der Waals surface area contributed by atoms with Crippen molar-refractivity contribution < 1.29 is 0 Å². The van der Waals surface area contributed by atoms with E-state index >= 15 is 0 Å². The van der Waals surface area contributed by atoms with E-state index in [1.54, 1.807) is 0 Å². The highest BCUT2D eigenvalue weighted by atomic mass is 15.1. The maximum atomic E-state index is 4.55. The van der Waals surface area contributed by atoms with Crippen LogP contribution in [0.2, 0.25) is 0 Å². The minimum atomic E-state index is 0.234. The number of nitrogens with one attached hydrogen (secondary N) is 1. The van der Waals surface area contributed by atoms with Crippen molar-refractivity contribution in [2.24, 2.45) is 0 Å². The van der Waals surface area contributed by atoms with Gasteiger partial charge in [-0.15, -0.1) is 0 Å². The molecular formula is C21H34N2. The Balaban J connectivity index is 2.14. The fourth-order valence-corrected chi connectivity index (χ4v) is 3.68. The topological polar surface area (TPSA) is 28.7 Å². The van der Waals surface area contributed by atoms with Crippen LogP contribution in [0.1, 0.15) is 90.7 Å². The molecule has 0 radical (unpaired) electrons. The summed E-state index contributed by atoms with van der Waals surface area (Å²) >= 11 is 0. The summed E-state index contributed by atoms with van der Waals surface area (Å²) in [7, 11) is 0. The molecular weight excluding hydrogens is 280 g/mol. The molecule has 0 aliphatic carbocycles. The molecule has 0 amide bonds. The average molecular weight is 315 g/mol. The van der Waals surface area contributed by atoms with Crippen LogP contribution in [0, 0.1) is 0 Å². The maximum absolute atomic E-state index is 4.55.